The van der Waals surface area contributed by atoms with Gasteiger partial charge in [0.15, 0.2) is 5.78 Å². The van der Waals surface area contributed by atoms with Gasteiger partial charge >= 0.3 is 0 Å². The zero-order valence-corrected chi connectivity index (χ0v) is 12.1. The van der Waals surface area contributed by atoms with E-state index in [1.807, 2.05) is 31.2 Å². The fourth-order valence-corrected chi connectivity index (χ4v) is 1.86. The van der Waals surface area contributed by atoms with E-state index in [2.05, 4.69) is 0 Å². The summed E-state index contributed by atoms with van der Waals surface area (Å²) >= 11 is 0. The second kappa shape index (κ2) is 7.17. The summed E-state index contributed by atoms with van der Waals surface area (Å²) in [6.07, 6.45) is 3.14. The summed E-state index contributed by atoms with van der Waals surface area (Å²) in [5.74, 6) is 0.574. The Balaban J connectivity index is 2.05. The molecule has 0 saturated carbocycles. The minimum atomic E-state index is -0.496. The number of carbonyl (C=O) groups is 1. The maximum Gasteiger partial charge on any atom is 0.269 e. The van der Waals surface area contributed by atoms with Crippen molar-refractivity contribution in [1.29, 1.82) is 0 Å². The Hall–Kier alpha value is -2.95. The van der Waals surface area contributed by atoms with Gasteiger partial charge in [0, 0.05) is 17.7 Å². The average Bonchev–Trinajstić information content (AvgIpc) is 2.54. The Bertz CT molecular complexity index is 688. The van der Waals surface area contributed by atoms with Gasteiger partial charge in [-0.3, -0.25) is 14.9 Å². The summed E-state index contributed by atoms with van der Waals surface area (Å²) in [6.45, 7) is 2.52. The maximum absolute atomic E-state index is 12.0. The number of hydrogen-bond donors (Lipinski definition) is 0. The standard InChI is InChI=1S/C17H15NO4/c1-2-22-16-10-3-13(4-11-16)5-12-17(19)14-6-8-15(9-7-14)18(20)21/h3-12H,2H2,1H3/b12-5+. The van der Waals surface area contributed by atoms with Gasteiger partial charge in [0.1, 0.15) is 5.75 Å². The Morgan fingerprint density at radius 2 is 1.77 bits per heavy atom. The van der Waals surface area contributed by atoms with E-state index in [-0.39, 0.29) is 11.5 Å². The van der Waals surface area contributed by atoms with Crippen molar-refractivity contribution in [3.05, 3.63) is 75.8 Å². The molecule has 0 atom stereocenters. The molecule has 0 bridgehead atoms. The van der Waals surface area contributed by atoms with Crippen molar-refractivity contribution in [2.24, 2.45) is 0 Å². The van der Waals surface area contributed by atoms with Crippen LogP contribution in [-0.2, 0) is 0 Å². The number of carbonyl (C=O) groups excluding carboxylic acids is 1. The summed E-state index contributed by atoms with van der Waals surface area (Å²) in [6, 6.07) is 12.9. The second-order valence-electron chi connectivity index (χ2n) is 4.50. The number of ether oxygens (including phenoxy) is 1. The normalized spacial score (nSPS) is 10.6. The van der Waals surface area contributed by atoms with Crippen molar-refractivity contribution in [3.63, 3.8) is 0 Å². The number of non-ortho nitro benzene ring substituents is 1. The van der Waals surface area contributed by atoms with Crippen LogP contribution in [0, 0.1) is 10.1 Å². The average molecular weight is 297 g/mol. The Morgan fingerprint density at radius 3 is 2.32 bits per heavy atom. The smallest absolute Gasteiger partial charge is 0.269 e. The molecule has 0 spiro atoms. The highest BCUT2D eigenvalue weighted by Gasteiger charge is 2.07. The van der Waals surface area contributed by atoms with Crippen LogP contribution in [0.4, 0.5) is 5.69 Å². The predicted molar refractivity (Wildman–Crippen MR) is 84.1 cm³/mol. The third-order valence-corrected chi connectivity index (χ3v) is 2.98. The highest BCUT2D eigenvalue weighted by atomic mass is 16.6. The number of hydrogen-bond acceptors (Lipinski definition) is 4. The number of ketones is 1. The molecule has 0 aromatic heterocycles. The van der Waals surface area contributed by atoms with Crippen molar-refractivity contribution >= 4 is 17.5 Å². The summed E-state index contributed by atoms with van der Waals surface area (Å²) < 4.78 is 5.34. The molecule has 0 radical (unpaired) electrons. The van der Waals surface area contributed by atoms with E-state index >= 15 is 0 Å². The van der Waals surface area contributed by atoms with Gasteiger partial charge in [-0.15, -0.1) is 0 Å². The molecule has 0 amide bonds. The van der Waals surface area contributed by atoms with Crippen molar-refractivity contribution in [3.8, 4) is 5.75 Å². The van der Waals surface area contributed by atoms with E-state index in [1.54, 1.807) is 6.08 Å². The summed E-state index contributed by atoms with van der Waals surface area (Å²) in [5, 5.41) is 10.6. The first-order chi connectivity index (χ1) is 10.6. The van der Waals surface area contributed by atoms with E-state index < -0.39 is 4.92 Å². The number of benzene rings is 2. The number of allylic oxidation sites excluding steroid dienone is 1. The Labute approximate surface area is 128 Å². The third-order valence-electron chi connectivity index (χ3n) is 2.98. The minimum Gasteiger partial charge on any atom is -0.494 e. The lowest BCUT2D eigenvalue weighted by atomic mass is 10.1. The van der Waals surface area contributed by atoms with Crippen LogP contribution in [-0.4, -0.2) is 17.3 Å². The summed E-state index contributed by atoms with van der Waals surface area (Å²) in [4.78, 5) is 22.1. The molecule has 5 heteroatoms. The zero-order chi connectivity index (χ0) is 15.9. The lowest BCUT2D eigenvalue weighted by molar-refractivity contribution is -0.384. The number of rotatable bonds is 6. The van der Waals surface area contributed by atoms with Gasteiger partial charge in [0.25, 0.3) is 5.69 Å². The monoisotopic (exact) mass is 297 g/mol. The topological polar surface area (TPSA) is 69.4 Å². The highest BCUT2D eigenvalue weighted by molar-refractivity contribution is 6.06. The molecule has 0 saturated heterocycles. The second-order valence-corrected chi connectivity index (χ2v) is 4.50. The molecule has 22 heavy (non-hydrogen) atoms. The first kappa shape index (κ1) is 15.4. The van der Waals surface area contributed by atoms with Gasteiger partial charge in [-0.2, -0.15) is 0 Å². The van der Waals surface area contributed by atoms with E-state index in [1.165, 1.54) is 30.3 Å². The molecule has 0 N–H and O–H groups in total. The predicted octanol–water partition coefficient (Wildman–Crippen LogP) is 3.89. The number of nitro benzene ring substituents is 1. The molecule has 5 nitrogen and oxygen atoms in total. The van der Waals surface area contributed by atoms with Gasteiger partial charge in [-0.1, -0.05) is 18.2 Å². The quantitative estimate of drug-likeness (QED) is 0.351. The van der Waals surface area contributed by atoms with Crippen LogP contribution in [0.3, 0.4) is 0 Å². The van der Waals surface area contributed by atoms with Crippen LogP contribution in [0.2, 0.25) is 0 Å². The van der Waals surface area contributed by atoms with E-state index in [0.717, 1.165) is 11.3 Å². The molecule has 2 aromatic rings. The SMILES string of the molecule is CCOc1ccc(/C=C/C(=O)c2ccc([N+](=O)[O-])cc2)cc1. The zero-order valence-electron chi connectivity index (χ0n) is 12.1. The van der Waals surface area contributed by atoms with Crippen molar-refractivity contribution < 1.29 is 14.5 Å². The van der Waals surface area contributed by atoms with Gasteiger partial charge in [0.05, 0.1) is 11.5 Å². The first-order valence-electron chi connectivity index (χ1n) is 6.80. The fraction of sp³-hybridized carbons (Fsp3) is 0.118. The molecule has 0 aliphatic carbocycles. The van der Waals surface area contributed by atoms with Crippen LogP contribution in [0.1, 0.15) is 22.8 Å². The van der Waals surface area contributed by atoms with Gasteiger partial charge < -0.3 is 4.74 Å². The molecular weight excluding hydrogens is 282 g/mol. The molecule has 2 rings (SSSR count). The minimum absolute atomic E-state index is 0.0351. The highest BCUT2D eigenvalue weighted by Crippen LogP contribution is 2.15. The van der Waals surface area contributed by atoms with Crippen LogP contribution in [0.15, 0.2) is 54.6 Å². The maximum atomic E-state index is 12.0. The van der Waals surface area contributed by atoms with Crippen molar-refractivity contribution in [1.82, 2.24) is 0 Å². The van der Waals surface area contributed by atoms with E-state index in [4.69, 9.17) is 4.74 Å². The Kier molecular flexibility index (Phi) is 5.03. The molecule has 2 aromatic carbocycles. The molecular formula is C17H15NO4. The van der Waals surface area contributed by atoms with Crippen LogP contribution in [0.5, 0.6) is 5.75 Å². The van der Waals surface area contributed by atoms with Crippen LogP contribution in [0.25, 0.3) is 6.08 Å². The fourth-order valence-electron chi connectivity index (χ4n) is 1.86. The number of nitro groups is 1. The summed E-state index contributed by atoms with van der Waals surface area (Å²) in [7, 11) is 0. The van der Waals surface area contributed by atoms with E-state index in [9.17, 15) is 14.9 Å². The molecule has 0 aliphatic heterocycles. The first-order valence-corrected chi connectivity index (χ1v) is 6.80. The van der Waals surface area contributed by atoms with Crippen LogP contribution >= 0.6 is 0 Å². The lowest BCUT2D eigenvalue weighted by Crippen LogP contribution is -1.95. The summed E-state index contributed by atoms with van der Waals surface area (Å²) in [5.41, 5.74) is 1.25. The molecule has 112 valence electrons. The Morgan fingerprint density at radius 1 is 1.14 bits per heavy atom. The van der Waals surface area contributed by atoms with Crippen molar-refractivity contribution in [2.45, 2.75) is 6.92 Å². The molecule has 0 fully saturated rings. The lowest BCUT2D eigenvalue weighted by Gasteiger charge is -2.02. The molecule has 0 heterocycles. The molecule has 0 unspecified atom stereocenters. The molecule has 0 aliphatic rings. The van der Waals surface area contributed by atoms with Gasteiger partial charge in [-0.05, 0) is 42.8 Å². The van der Waals surface area contributed by atoms with E-state index in [0.29, 0.717) is 12.2 Å². The third kappa shape index (κ3) is 4.02. The number of nitrogens with zero attached hydrogens (tertiary/aromatic N) is 1. The van der Waals surface area contributed by atoms with Gasteiger partial charge in [0.2, 0.25) is 0 Å². The van der Waals surface area contributed by atoms with Crippen molar-refractivity contribution in [2.75, 3.05) is 6.61 Å². The van der Waals surface area contributed by atoms with Crippen LogP contribution < -0.4 is 4.74 Å². The van der Waals surface area contributed by atoms with Gasteiger partial charge in [-0.25, -0.2) is 0 Å². The largest absolute Gasteiger partial charge is 0.494 e.